The van der Waals surface area contributed by atoms with Crippen molar-refractivity contribution in [3.05, 3.63) is 36.5 Å². The predicted octanol–water partition coefficient (Wildman–Crippen LogP) is 16.7. The Bertz CT molecular complexity index is 1190. The minimum Gasteiger partial charge on any atom is -0.756 e. The van der Waals surface area contributed by atoms with Crippen LogP contribution in [0.25, 0.3) is 0 Å². The van der Waals surface area contributed by atoms with Crippen LogP contribution in [-0.4, -0.2) is 68.5 Å². The van der Waals surface area contributed by atoms with Gasteiger partial charge in [-0.2, -0.15) is 0 Å². The summed E-state index contributed by atoms with van der Waals surface area (Å²) in [5, 5.41) is 13.9. The number of nitrogens with zero attached hydrogens (tertiary/aromatic N) is 1. The number of carbonyl (C=O) groups excluding carboxylic acids is 1. The Kier molecular flexibility index (Phi) is 48.7. The molecule has 0 rings (SSSR count). The summed E-state index contributed by atoms with van der Waals surface area (Å²) >= 11 is 0. The number of hydrogen-bond acceptors (Lipinski definition) is 6. The van der Waals surface area contributed by atoms with Crippen molar-refractivity contribution in [1.82, 2.24) is 5.32 Å². The van der Waals surface area contributed by atoms with Crippen LogP contribution in [0.1, 0.15) is 277 Å². The van der Waals surface area contributed by atoms with E-state index in [1.165, 1.54) is 212 Å². The van der Waals surface area contributed by atoms with Gasteiger partial charge in [-0.1, -0.05) is 256 Å². The van der Waals surface area contributed by atoms with E-state index in [4.69, 9.17) is 9.05 Å². The lowest BCUT2D eigenvalue weighted by molar-refractivity contribution is -0.870. The predicted molar refractivity (Wildman–Crippen MR) is 288 cm³/mol. The van der Waals surface area contributed by atoms with Crippen molar-refractivity contribution in [1.29, 1.82) is 0 Å². The van der Waals surface area contributed by atoms with Crippen LogP contribution in [0.15, 0.2) is 36.5 Å². The summed E-state index contributed by atoms with van der Waals surface area (Å²) in [6, 6.07) is -0.889. The lowest BCUT2D eigenvalue weighted by Gasteiger charge is -2.29. The number of carbonyl (C=O) groups is 1. The SMILES string of the molecule is CCCCCCC/C=C\C/C=C\CCCCCCCCCCCC(=O)NC(COP(=O)([O-])OCC[N+](C)(C)C)C(O)/C=C/CCCCCCCCCCCCCCCCCCCCCCCC. The quantitative estimate of drug-likeness (QED) is 0.0272. The molecule has 0 saturated carbocycles. The molecule has 3 unspecified atom stereocenters. The molecule has 0 radical (unpaired) electrons. The van der Waals surface area contributed by atoms with E-state index in [2.05, 4.69) is 43.5 Å². The zero-order chi connectivity index (χ0) is 49.2. The molecular formula is C58H113N2O6P. The fraction of sp³-hybridized carbons (Fsp3) is 0.879. The van der Waals surface area contributed by atoms with E-state index in [1.54, 1.807) is 6.08 Å². The van der Waals surface area contributed by atoms with E-state index in [0.29, 0.717) is 17.4 Å². The third kappa shape index (κ3) is 52.4. The van der Waals surface area contributed by atoms with E-state index < -0.39 is 20.0 Å². The molecule has 0 aromatic rings. The number of likely N-dealkylation sites (N-methyl/N-ethyl adjacent to an activating group) is 1. The van der Waals surface area contributed by atoms with Gasteiger partial charge in [0.25, 0.3) is 7.82 Å². The number of hydrogen-bond donors (Lipinski definition) is 2. The van der Waals surface area contributed by atoms with E-state index in [9.17, 15) is 19.4 Å². The van der Waals surface area contributed by atoms with Gasteiger partial charge in [-0.3, -0.25) is 9.36 Å². The number of phosphoric acid groups is 1. The summed E-state index contributed by atoms with van der Waals surface area (Å²) in [6.45, 7) is 4.67. The Hall–Kier alpha value is -1.28. The molecular weight excluding hydrogens is 852 g/mol. The molecule has 0 aromatic carbocycles. The van der Waals surface area contributed by atoms with Crippen molar-refractivity contribution < 1.29 is 32.9 Å². The summed E-state index contributed by atoms with van der Waals surface area (Å²) in [6.07, 6.45) is 63.5. The van der Waals surface area contributed by atoms with Crippen molar-refractivity contribution in [3.63, 3.8) is 0 Å². The summed E-state index contributed by atoms with van der Waals surface area (Å²) in [4.78, 5) is 25.5. The molecule has 0 fully saturated rings. The molecule has 3 atom stereocenters. The molecule has 2 N–H and O–H groups in total. The normalized spacial score (nSPS) is 14.2. The fourth-order valence-electron chi connectivity index (χ4n) is 8.54. The van der Waals surface area contributed by atoms with Gasteiger partial charge >= 0.3 is 0 Å². The molecule has 8 nitrogen and oxygen atoms in total. The highest BCUT2D eigenvalue weighted by Gasteiger charge is 2.23. The molecule has 67 heavy (non-hydrogen) atoms. The Balaban J connectivity index is 4.22. The van der Waals surface area contributed by atoms with Gasteiger partial charge in [-0.25, -0.2) is 0 Å². The molecule has 0 heterocycles. The van der Waals surface area contributed by atoms with Gasteiger partial charge in [0.1, 0.15) is 13.2 Å². The first-order valence-electron chi connectivity index (χ1n) is 28.9. The van der Waals surface area contributed by atoms with E-state index >= 15 is 0 Å². The van der Waals surface area contributed by atoms with Gasteiger partial charge in [0, 0.05) is 6.42 Å². The zero-order valence-corrected chi connectivity index (χ0v) is 46.0. The van der Waals surface area contributed by atoms with Gasteiger partial charge < -0.3 is 28.8 Å². The van der Waals surface area contributed by atoms with E-state index in [1.807, 2.05) is 27.2 Å². The largest absolute Gasteiger partial charge is 0.756 e. The number of phosphoric ester groups is 1. The van der Waals surface area contributed by atoms with Gasteiger partial charge in [0.15, 0.2) is 0 Å². The number of amides is 1. The number of rotatable bonds is 53. The Morgan fingerprint density at radius 1 is 0.522 bits per heavy atom. The monoisotopic (exact) mass is 965 g/mol. The number of aliphatic hydroxyl groups excluding tert-OH is 1. The zero-order valence-electron chi connectivity index (χ0n) is 45.1. The summed E-state index contributed by atoms with van der Waals surface area (Å²) in [5.41, 5.74) is 0. The van der Waals surface area contributed by atoms with Crippen molar-refractivity contribution in [2.24, 2.45) is 0 Å². The van der Waals surface area contributed by atoms with E-state index in [0.717, 1.165) is 44.9 Å². The fourth-order valence-corrected chi connectivity index (χ4v) is 9.26. The van der Waals surface area contributed by atoms with Crippen LogP contribution in [0, 0.1) is 0 Å². The maximum absolute atomic E-state index is 13.0. The summed E-state index contributed by atoms with van der Waals surface area (Å²) < 4.78 is 23.4. The van der Waals surface area contributed by atoms with Crippen molar-refractivity contribution in [2.45, 2.75) is 289 Å². The summed E-state index contributed by atoms with van der Waals surface area (Å²) in [5.74, 6) is -0.199. The van der Waals surface area contributed by atoms with Crippen LogP contribution in [0.2, 0.25) is 0 Å². The van der Waals surface area contributed by atoms with Gasteiger partial charge in [-0.05, 0) is 51.4 Å². The minimum atomic E-state index is -4.60. The van der Waals surface area contributed by atoms with Crippen LogP contribution in [0.3, 0.4) is 0 Å². The second-order valence-corrected chi connectivity index (χ2v) is 22.4. The molecule has 0 spiro atoms. The molecule has 1 amide bonds. The smallest absolute Gasteiger partial charge is 0.268 e. The standard InChI is InChI=1S/C58H113N2O6P/c1-6-8-10-12-14-16-18-20-22-24-26-28-29-30-32-33-35-37-39-41-43-45-47-49-51-57(61)56(55-66-67(63,64)65-54-53-60(3,4)5)59-58(62)52-50-48-46-44-42-40-38-36-34-31-27-25-23-21-19-17-15-13-11-9-7-2/h19,21,25,27,49,51,56-57,61H,6-18,20,22-24,26,28-48,50,52-55H2,1-5H3,(H-,59,62,63,64)/b21-19-,27-25-,51-49+. The number of unbranched alkanes of at least 4 members (excludes halogenated alkanes) is 36. The van der Waals surface area contributed by atoms with Gasteiger partial charge in [0.2, 0.25) is 5.91 Å². The summed E-state index contributed by atoms with van der Waals surface area (Å²) in [7, 11) is 1.26. The average molecular weight is 966 g/mol. The number of nitrogens with one attached hydrogen (secondary N) is 1. The molecule has 0 saturated heterocycles. The van der Waals surface area contributed by atoms with Crippen molar-refractivity contribution in [3.8, 4) is 0 Å². The topological polar surface area (TPSA) is 108 Å². The third-order valence-electron chi connectivity index (χ3n) is 13.1. The van der Waals surface area contributed by atoms with Crippen molar-refractivity contribution in [2.75, 3.05) is 40.9 Å². The van der Waals surface area contributed by atoms with Gasteiger partial charge in [0.05, 0.1) is 39.9 Å². The lowest BCUT2D eigenvalue weighted by Crippen LogP contribution is -2.45. The molecule has 396 valence electrons. The second-order valence-electron chi connectivity index (χ2n) is 21.0. The highest BCUT2D eigenvalue weighted by atomic mass is 31.2. The minimum absolute atomic E-state index is 0.00145. The van der Waals surface area contributed by atoms with E-state index in [-0.39, 0.29) is 19.1 Å². The lowest BCUT2D eigenvalue weighted by atomic mass is 10.0. The molecule has 0 aromatic heterocycles. The molecule has 0 bridgehead atoms. The van der Waals surface area contributed by atoms with Crippen LogP contribution in [0.4, 0.5) is 0 Å². The van der Waals surface area contributed by atoms with Crippen LogP contribution < -0.4 is 10.2 Å². The Morgan fingerprint density at radius 3 is 1.24 bits per heavy atom. The van der Waals surface area contributed by atoms with Crippen molar-refractivity contribution >= 4 is 13.7 Å². The Labute approximate surface area is 417 Å². The second kappa shape index (κ2) is 49.7. The van der Waals surface area contributed by atoms with Crippen LogP contribution in [0.5, 0.6) is 0 Å². The average Bonchev–Trinajstić information content (AvgIpc) is 3.29. The molecule has 0 aliphatic heterocycles. The number of allylic oxidation sites excluding steroid dienone is 5. The molecule has 0 aliphatic carbocycles. The van der Waals surface area contributed by atoms with Crippen LogP contribution in [-0.2, 0) is 18.4 Å². The molecule has 0 aliphatic rings. The first-order valence-corrected chi connectivity index (χ1v) is 30.3. The number of aliphatic hydroxyl groups is 1. The maximum Gasteiger partial charge on any atom is 0.268 e. The maximum atomic E-state index is 13.0. The first kappa shape index (κ1) is 65.7. The third-order valence-corrected chi connectivity index (χ3v) is 14.1. The highest BCUT2D eigenvalue weighted by Crippen LogP contribution is 2.38. The Morgan fingerprint density at radius 2 is 0.866 bits per heavy atom. The highest BCUT2D eigenvalue weighted by molar-refractivity contribution is 7.45. The molecule has 9 heteroatoms. The first-order chi connectivity index (χ1) is 32.5. The van der Waals surface area contributed by atoms with Gasteiger partial charge in [-0.15, -0.1) is 0 Å². The van der Waals surface area contributed by atoms with Crippen LogP contribution >= 0.6 is 7.82 Å². The number of quaternary nitrogens is 1.